The predicted octanol–water partition coefficient (Wildman–Crippen LogP) is 3.17. The zero-order valence-corrected chi connectivity index (χ0v) is 9.93. The van der Waals surface area contributed by atoms with Gasteiger partial charge in [0.25, 0.3) is 0 Å². The molecule has 18 heavy (non-hydrogen) atoms. The van der Waals surface area contributed by atoms with Gasteiger partial charge in [-0.2, -0.15) is 0 Å². The van der Waals surface area contributed by atoms with Crippen LogP contribution in [-0.4, -0.2) is 17.8 Å². The van der Waals surface area contributed by atoms with E-state index < -0.39 is 6.10 Å². The fourth-order valence-electron chi connectivity index (χ4n) is 2.39. The Kier molecular flexibility index (Phi) is 3.06. The number of rotatable bonds is 3. The number of fused-ring (bicyclic) bond motifs is 1. The van der Waals surface area contributed by atoms with Crippen LogP contribution in [0.2, 0.25) is 0 Å². The molecule has 1 fully saturated rings. The second-order valence-electron chi connectivity index (χ2n) is 4.72. The van der Waals surface area contributed by atoms with Gasteiger partial charge in [0.15, 0.2) is 0 Å². The van der Waals surface area contributed by atoms with Gasteiger partial charge in [0.05, 0.1) is 6.10 Å². The summed E-state index contributed by atoms with van der Waals surface area (Å²) < 4.78 is 24.0. The highest BCUT2D eigenvalue weighted by atomic mass is 19.1. The van der Waals surface area contributed by atoms with Crippen LogP contribution in [0.25, 0.3) is 11.0 Å². The van der Waals surface area contributed by atoms with Gasteiger partial charge in [-0.05, 0) is 37.1 Å². The van der Waals surface area contributed by atoms with Crippen LogP contribution < -0.4 is 0 Å². The number of benzene rings is 1. The van der Waals surface area contributed by atoms with Crippen molar-refractivity contribution in [1.82, 2.24) is 0 Å². The molecule has 1 aromatic heterocycles. The first kappa shape index (κ1) is 11.7. The summed E-state index contributed by atoms with van der Waals surface area (Å²) in [5.74, 6) is 0.176. The molecular weight excluding hydrogens is 235 g/mol. The van der Waals surface area contributed by atoms with Crippen LogP contribution >= 0.6 is 0 Å². The minimum absolute atomic E-state index is 0.102. The molecule has 2 aromatic rings. The summed E-state index contributed by atoms with van der Waals surface area (Å²) in [5.41, 5.74) is 0.595. The van der Waals surface area contributed by atoms with Gasteiger partial charge in [-0.25, -0.2) is 4.39 Å². The lowest BCUT2D eigenvalue weighted by Crippen LogP contribution is -2.10. The van der Waals surface area contributed by atoms with Crippen LogP contribution in [0.1, 0.15) is 31.1 Å². The van der Waals surface area contributed by atoms with Gasteiger partial charge in [-0.15, -0.1) is 0 Å². The number of furan rings is 1. The van der Waals surface area contributed by atoms with Crippen LogP contribution in [0.15, 0.2) is 28.7 Å². The summed E-state index contributed by atoms with van der Waals surface area (Å²) in [6, 6.07) is 6.02. The number of aliphatic hydroxyl groups excluding tert-OH is 1. The van der Waals surface area contributed by atoms with Gasteiger partial charge in [-0.1, -0.05) is 0 Å². The molecule has 0 radical (unpaired) electrons. The third-order valence-corrected chi connectivity index (χ3v) is 3.34. The lowest BCUT2D eigenvalue weighted by atomic mass is 10.1. The molecule has 1 saturated heterocycles. The molecule has 0 saturated carbocycles. The molecule has 1 N–H and O–H groups in total. The maximum atomic E-state index is 13.1. The molecule has 3 rings (SSSR count). The predicted molar refractivity (Wildman–Crippen MR) is 64.7 cm³/mol. The Bertz CT molecular complexity index is 543. The standard InChI is InChI=1S/C14H15FO3/c15-10-3-4-13-9(6-10)7-14(18-13)12(16)8-11-2-1-5-17-11/h3-4,6-7,11-12,16H,1-2,5,8H2. The first-order chi connectivity index (χ1) is 8.72. The van der Waals surface area contributed by atoms with E-state index in [1.807, 2.05) is 0 Å². The molecule has 4 heteroatoms. The molecule has 0 bridgehead atoms. The van der Waals surface area contributed by atoms with Crippen molar-refractivity contribution in [2.45, 2.75) is 31.5 Å². The minimum atomic E-state index is -0.691. The van der Waals surface area contributed by atoms with Crippen molar-refractivity contribution in [1.29, 1.82) is 0 Å². The fourth-order valence-corrected chi connectivity index (χ4v) is 2.39. The Morgan fingerprint density at radius 3 is 3.06 bits per heavy atom. The van der Waals surface area contributed by atoms with E-state index in [0.717, 1.165) is 19.4 Å². The van der Waals surface area contributed by atoms with E-state index in [2.05, 4.69) is 0 Å². The quantitative estimate of drug-likeness (QED) is 0.909. The maximum Gasteiger partial charge on any atom is 0.134 e. The molecular formula is C14H15FO3. The molecule has 1 aliphatic heterocycles. The maximum absolute atomic E-state index is 13.1. The highest BCUT2D eigenvalue weighted by Crippen LogP contribution is 2.29. The summed E-state index contributed by atoms with van der Waals surface area (Å²) in [4.78, 5) is 0. The molecule has 2 unspecified atom stereocenters. The second kappa shape index (κ2) is 4.71. The van der Waals surface area contributed by atoms with E-state index >= 15 is 0 Å². The van der Waals surface area contributed by atoms with Crippen LogP contribution in [0.4, 0.5) is 4.39 Å². The van der Waals surface area contributed by atoms with Crippen molar-refractivity contribution < 1.29 is 18.7 Å². The molecule has 0 aliphatic carbocycles. The van der Waals surface area contributed by atoms with E-state index in [1.54, 1.807) is 12.1 Å². The Labute approximate surface area is 104 Å². The molecule has 1 aromatic carbocycles. The first-order valence-electron chi connectivity index (χ1n) is 6.21. The molecule has 2 atom stereocenters. The Hall–Kier alpha value is -1.39. The summed E-state index contributed by atoms with van der Waals surface area (Å²) in [6.07, 6.45) is 1.96. The van der Waals surface area contributed by atoms with Gasteiger partial charge >= 0.3 is 0 Å². The zero-order chi connectivity index (χ0) is 12.5. The van der Waals surface area contributed by atoms with E-state index in [1.165, 1.54) is 12.1 Å². The number of halogens is 1. The van der Waals surface area contributed by atoms with Gasteiger partial charge in [0, 0.05) is 18.4 Å². The van der Waals surface area contributed by atoms with Gasteiger partial charge in [0.2, 0.25) is 0 Å². The monoisotopic (exact) mass is 250 g/mol. The highest BCUT2D eigenvalue weighted by molar-refractivity contribution is 5.77. The van der Waals surface area contributed by atoms with Crippen molar-refractivity contribution in [3.8, 4) is 0 Å². The van der Waals surface area contributed by atoms with Gasteiger partial charge in [0.1, 0.15) is 23.3 Å². The fraction of sp³-hybridized carbons (Fsp3) is 0.429. The van der Waals surface area contributed by atoms with E-state index in [0.29, 0.717) is 23.2 Å². The van der Waals surface area contributed by atoms with Gasteiger partial charge in [-0.3, -0.25) is 0 Å². The number of ether oxygens (including phenoxy) is 1. The Balaban J connectivity index is 1.80. The minimum Gasteiger partial charge on any atom is -0.458 e. The average molecular weight is 250 g/mol. The molecule has 0 amide bonds. The van der Waals surface area contributed by atoms with Crippen molar-refractivity contribution >= 4 is 11.0 Å². The molecule has 2 heterocycles. The van der Waals surface area contributed by atoms with E-state index in [4.69, 9.17) is 9.15 Å². The topological polar surface area (TPSA) is 42.6 Å². The van der Waals surface area contributed by atoms with E-state index in [-0.39, 0.29) is 11.9 Å². The van der Waals surface area contributed by atoms with Crippen LogP contribution in [0.5, 0.6) is 0 Å². The SMILES string of the molecule is OC(CC1CCCO1)c1cc2cc(F)ccc2o1. The molecule has 1 aliphatic rings. The summed E-state index contributed by atoms with van der Waals surface area (Å²) >= 11 is 0. The van der Waals surface area contributed by atoms with E-state index in [9.17, 15) is 9.50 Å². The lowest BCUT2D eigenvalue weighted by molar-refractivity contribution is 0.0454. The summed E-state index contributed by atoms with van der Waals surface area (Å²) in [7, 11) is 0. The number of aliphatic hydroxyl groups is 1. The summed E-state index contributed by atoms with van der Waals surface area (Å²) in [5, 5.41) is 10.8. The lowest BCUT2D eigenvalue weighted by Gasteiger charge is -2.12. The number of hydrogen-bond donors (Lipinski definition) is 1. The van der Waals surface area contributed by atoms with Crippen molar-refractivity contribution in [3.05, 3.63) is 35.8 Å². The van der Waals surface area contributed by atoms with Crippen LogP contribution in [-0.2, 0) is 4.74 Å². The molecule has 0 spiro atoms. The largest absolute Gasteiger partial charge is 0.458 e. The third-order valence-electron chi connectivity index (χ3n) is 3.34. The first-order valence-corrected chi connectivity index (χ1v) is 6.21. The normalized spacial score (nSPS) is 21.6. The zero-order valence-electron chi connectivity index (χ0n) is 9.93. The average Bonchev–Trinajstić information content (AvgIpc) is 2.96. The van der Waals surface area contributed by atoms with Crippen molar-refractivity contribution in [2.24, 2.45) is 0 Å². The van der Waals surface area contributed by atoms with Crippen molar-refractivity contribution in [2.75, 3.05) is 6.61 Å². The highest BCUT2D eigenvalue weighted by Gasteiger charge is 2.22. The number of hydrogen-bond acceptors (Lipinski definition) is 3. The third kappa shape index (κ3) is 2.26. The van der Waals surface area contributed by atoms with Gasteiger partial charge < -0.3 is 14.3 Å². The van der Waals surface area contributed by atoms with Crippen LogP contribution in [0.3, 0.4) is 0 Å². The second-order valence-corrected chi connectivity index (χ2v) is 4.72. The van der Waals surface area contributed by atoms with Crippen LogP contribution in [0, 0.1) is 5.82 Å². The Morgan fingerprint density at radius 2 is 2.28 bits per heavy atom. The van der Waals surface area contributed by atoms with Crippen molar-refractivity contribution in [3.63, 3.8) is 0 Å². The summed E-state index contributed by atoms with van der Waals surface area (Å²) in [6.45, 7) is 0.767. The molecule has 3 nitrogen and oxygen atoms in total. The molecule has 96 valence electrons. The smallest absolute Gasteiger partial charge is 0.134 e. The Morgan fingerprint density at radius 1 is 1.39 bits per heavy atom.